The number of nitriles is 4. The molecule has 694 valence electrons. The SMILES string of the molecule is CC(C)(C)OC(=O)N1CC(=CC#N)C1.CC(C)(C)OC(=O)N1CC(CC#N)(n2cc(-c3cccc4nc(NC(=O)C5CC5)sc34)cn2)C1.CS(=O)(=O)Cl.CS(=O)(=O)N1CC(CC#N)(n2cc(-c3cccc4nc(NC(=O)C5CC5)sc34)cn2)C1.N#CCC1(n2cc(-c3cccc4nc(NC(=O)C5CC5)sc34)cn2)CCC1.O=C(Nc1nc2cccc(-c3cn[nH]c3)c2s1)C1CC1.[CH3-].[W]. The maximum absolute atomic E-state index is 12.4. The van der Waals surface area contributed by atoms with Crippen molar-refractivity contribution in [3.8, 4) is 68.8 Å². The summed E-state index contributed by atoms with van der Waals surface area (Å²) >= 11 is 5.89. The summed E-state index contributed by atoms with van der Waals surface area (Å²) in [6.45, 7) is 13.2. The Labute approximate surface area is 803 Å². The second-order valence-corrected chi connectivity index (χ2v) is 44.6. The van der Waals surface area contributed by atoms with Crippen molar-refractivity contribution in [3.63, 3.8) is 0 Å². The molecular formula is C90H97ClN23O12S6W-. The van der Waals surface area contributed by atoms with E-state index in [1.165, 1.54) is 62.0 Å². The Morgan fingerprint density at radius 2 is 0.812 bits per heavy atom. The average Bonchev–Trinajstić information content (AvgIpc) is 1.68. The number of aromatic amines is 1. The zero-order chi connectivity index (χ0) is 93.1. The van der Waals surface area contributed by atoms with Gasteiger partial charge in [-0.3, -0.25) is 38.3 Å². The van der Waals surface area contributed by atoms with Gasteiger partial charge in [-0.25, -0.2) is 46.4 Å². The maximum atomic E-state index is 12.4. The normalized spacial score (nSPS) is 16.6. The van der Waals surface area contributed by atoms with Gasteiger partial charge >= 0.3 is 12.2 Å². The zero-order valence-corrected chi connectivity index (χ0v) is 82.8. The van der Waals surface area contributed by atoms with Crippen molar-refractivity contribution < 1.29 is 76.1 Å². The Morgan fingerprint density at radius 1 is 0.496 bits per heavy atom. The molecule has 0 spiro atoms. The van der Waals surface area contributed by atoms with Crippen LogP contribution < -0.4 is 21.3 Å². The number of hydrogen-bond acceptors (Lipinski definition) is 28. The standard InChI is InChI=1S/C24H26N6O3S.C20H20N6O3S2.C20H19N5OS.C14H12N4OS.C10H14N2O2.CH3ClO2S.CH3.W/c1-23(2,3)33-22(32)29-13-24(14-29,9-10-25)30-12-16(11-26-30)17-5-4-6-18-19(17)34-21(27-18)28-20(31)15-7-8-15;1-31(28,29)25-11-20(12-25,7-8-21)26-10-14(9-22-26)15-3-2-4-16-17(15)30-19(23-16)24-18(27)13-5-6-13;21-10-9-20(7-2-8-20)25-12-14(11-22-25)15-3-1-4-16-17(15)27-19(23-16)24-18(26)13-5-6-13;19-13(8-4-5-8)18-14-17-11-3-1-2-10(12(11)20-14)9-6-15-16-7-9;1-10(2,3)14-9(13)12-6-8(7-12)4-5-11;1-5(2,3)4;;/h4-6,11-12,15H,7-9,13-14H2,1-3H3,(H,27,28,31);2-4,9-10,13H,5-7,11-12H2,1H3,(H,23,24,27);1,3-4,11-13H,2,5-9H2,(H,23,24,26);1-3,6-8H,4-5H2,(H,15,16)(H,17,18,19);4H,6-7H2,1-3H3;1H3;1H3;/q;;;;;;-1;. The monoisotopic (exact) mass is 2100 g/mol. The first-order valence-corrected chi connectivity index (χ1v) is 50.2. The third kappa shape index (κ3) is 24.3. The fourth-order valence-electron chi connectivity index (χ4n) is 14.9. The predicted molar refractivity (Wildman–Crippen MR) is 506 cm³/mol. The molecule has 12 aromatic rings. The van der Waals surface area contributed by atoms with Gasteiger partial charge < -0.3 is 48.0 Å². The average molecular weight is 2100 g/mol. The summed E-state index contributed by atoms with van der Waals surface area (Å²) in [5.41, 5.74) is 9.77. The number of thiazole rings is 4. The van der Waals surface area contributed by atoms with Crippen molar-refractivity contribution in [3.05, 3.63) is 141 Å². The molecule has 8 aliphatic rings. The number of carbonyl (C=O) groups is 6. The summed E-state index contributed by atoms with van der Waals surface area (Å²) in [4.78, 5) is 93.2. The number of rotatable bonds is 19. The molecule has 0 radical (unpaired) electrons. The number of nitrogens with zero attached hydrogens (tertiary/aromatic N) is 18. The van der Waals surface area contributed by atoms with E-state index >= 15 is 0 Å². The number of hydrogen-bond donors (Lipinski definition) is 5. The minimum atomic E-state index is -3.30. The van der Waals surface area contributed by atoms with Crippen molar-refractivity contribution >= 4 is 172 Å². The molecule has 8 fully saturated rings. The van der Waals surface area contributed by atoms with Crippen LogP contribution in [0.2, 0.25) is 0 Å². The van der Waals surface area contributed by atoms with Crippen LogP contribution in [0.15, 0.2) is 134 Å². The Morgan fingerprint density at radius 3 is 1.10 bits per heavy atom. The number of H-pyrrole nitrogens is 1. The summed E-state index contributed by atoms with van der Waals surface area (Å²) in [6.07, 6.45) is 29.4. The Balaban J connectivity index is 0.000000142. The van der Waals surface area contributed by atoms with Crippen LogP contribution in [-0.4, -0.2) is 189 Å². The number of sulfonamides is 1. The topological polar surface area (TPSA) is 476 Å². The summed E-state index contributed by atoms with van der Waals surface area (Å²) in [6, 6.07) is 32.3. The van der Waals surface area contributed by atoms with Gasteiger partial charge in [-0.15, -0.1) is 0 Å². The molecule has 4 aromatic carbocycles. The minimum absolute atomic E-state index is 0. The van der Waals surface area contributed by atoms with Gasteiger partial charge in [0.15, 0.2) is 20.5 Å². The van der Waals surface area contributed by atoms with Gasteiger partial charge in [0.25, 0.3) is 0 Å². The molecule has 43 heteroatoms. The molecule has 0 bridgehead atoms. The van der Waals surface area contributed by atoms with Crippen molar-refractivity contribution in [1.29, 1.82) is 21.0 Å². The summed E-state index contributed by atoms with van der Waals surface area (Å²) in [7, 11) is -2.00. The molecule has 0 atom stereocenters. The summed E-state index contributed by atoms with van der Waals surface area (Å²) < 4.78 is 63.9. The smallest absolute Gasteiger partial charge is 0.410 e. The number of anilines is 4. The van der Waals surface area contributed by atoms with Crippen LogP contribution in [0.25, 0.3) is 85.4 Å². The number of halogens is 1. The third-order valence-electron chi connectivity index (χ3n) is 22.6. The molecule has 133 heavy (non-hydrogen) atoms. The molecule has 8 aromatic heterocycles. The van der Waals surface area contributed by atoms with Crippen molar-refractivity contribution in [1.82, 2.24) is 73.6 Å². The fourth-order valence-corrected chi connectivity index (χ4v) is 19.9. The van der Waals surface area contributed by atoms with Gasteiger partial charge in [0.1, 0.15) is 22.3 Å². The van der Waals surface area contributed by atoms with Gasteiger partial charge in [-0.1, -0.05) is 93.9 Å². The molecule has 5 aliphatic carbocycles. The molecule has 6 amide bonds. The Bertz CT molecular complexity index is 6810. The molecular weight excluding hydrogens is 2010 g/mol. The van der Waals surface area contributed by atoms with E-state index < -0.39 is 41.4 Å². The van der Waals surface area contributed by atoms with Crippen LogP contribution in [0, 0.1) is 76.4 Å². The first-order valence-electron chi connectivity index (χ1n) is 42.3. The molecule has 5 saturated carbocycles. The van der Waals surface area contributed by atoms with Crippen molar-refractivity contribution in [2.45, 2.75) is 159 Å². The quantitative estimate of drug-likeness (QED) is 0.0285. The summed E-state index contributed by atoms with van der Waals surface area (Å²) in [5.74, 6) is 0.794. The number of carbonyl (C=O) groups excluding carboxylic acids is 6. The maximum Gasteiger partial charge on any atom is 0.410 e. The van der Waals surface area contributed by atoms with E-state index in [4.69, 9.17) is 14.7 Å². The third-order valence-corrected chi connectivity index (χ3v) is 27.8. The van der Waals surface area contributed by atoms with E-state index in [2.05, 4.69) is 102 Å². The van der Waals surface area contributed by atoms with Crippen LogP contribution in [-0.2, 0) is 85.4 Å². The van der Waals surface area contributed by atoms with E-state index in [1.807, 2.05) is 150 Å². The first-order chi connectivity index (χ1) is 62.4. The van der Waals surface area contributed by atoms with E-state index in [1.54, 1.807) is 37.8 Å². The number of nitrogens with one attached hydrogen (secondary N) is 5. The van der Waals surface area contributed by atoms with Gasteiger partial charge in [0.2, 0.25) is 42.7 Å². The summed E-state index contributed by atoms with van der Waals surface area (Å²) in [5, 5.41) is 70.9. The number of fused-ring (bicyclic) bond motifs is 4. The number of amides is 6. The molecule has 3 aliphatic heterocycles. The predicted octanol–water partition coefficient (Wildman–Crippen LogP) is 16.4. The number of ether oxygens (including phenoxy) is 2. The number of likely N-dealkylation sites (tertiary alicyclic amines) is 2. The minimum Gasteiger partial charge on any atom is -0.444 e. The first kappa shape index (κ1) is 98.7. The second kappa shape index (κ2) is 40.6. The molecule has 11 heterocycles. The van der Waals surface area contributed by atoms with E-state index in [0.717, 1.165) is 168 Å². The molecule has 0 unspecified atom stereocenters. The zero-order valence-electron chi connectivity index (χ0n) is 74.3. The van der Waals surface area contributed by atoms with Crippen LogP contribution in [0.1, 0.15) is 131 Å². The van der Waals surface area contributed by atoms with Gasteiger partial charge in [0.05, 0.1) is 140 Å². The largest absolute Gasteiger partial charge is 0.444 e. The van der Waals surface area contributed by atoms with Crippen LogP contribution in [0.3, 0.4) is 0 Å². The molecule has 20 rings (SSSR count). The molecule has 5 N–H and O–H groups in total. The molecule has 3 saturated heterocycles. The van der Waals surface area contributed by atoms with E-state index in [-0.39, 0.29) is 119 Å². The molecule has 35 nitrogen and oxygen atoms in total. The van der Waals surface area contributed by atoms with Crippen LogP contribution in [0.4, 0.5) is 30.1 Å². The Hall–Kier alpha value is -11.8. The van der Waals surface area contributed by atoms with Crippen molar-refractivity contribution in [2.75, 3.05) is 73.0 Å². The van der Waals surface area contributed by atoms with E-state index in [9.17, 15) is 61.4 Å². The van der Waals surface area contributed by atoms with E-state index in [0.29, 0.717) is 53.1 Å². The number of allylic oxidation sites excluding steroid dienone is 1. The van der Waals surface area contributed by atoms with Crippen LogP contribution >= 0.6 is 56.0 Å². The second-order valence-electron chi connectivity index (χ2n) is 35.6. The van der Waals surface area contributed by atoms with Gasteiger partial charge in [-0.05, 0) is 142 Å². The Kier molecular flexibility index (Phi) is 30.1. The number of aromatic nitrogens is 12. The van der Waals surface area contributed by atoms with Gasteiger partial charge in [0, 0.05) is 157 Å². The van der Waals surface area contributed by atoms with Crippen LogP contribution in [0.5, 0.6) is 0 Å². The fraction of sp³-hybridized carbons (Fsp3) is 0.411. The van der Waals surface area contributed by atoms with Crippen molar-refractivity contribution in [2.24, 2.45) is 23.7 Å². The number of benzene rings is 4. The van der Waals surface area contributed by atoms with Gasteiger partial charge in [-0.2, -0.15) is 45.7 Å².